The Morgan fingerprint density at radius 2 is 1.82 bits per heavy atom. The van der Waals surface area contributed by atoms with Crippen LogP contribution in [0, 0.1) is 5.92 Å². The molecule has 0 radical (unpaired) electrons. The van der Waals surface area contributed by atoms with Gasteiger partial charge in [-0.05, 0) is 19.3 Å². The first-order valence-corrected chi connectivity index (χ1v) is 7.97. The lowest BCUT2D eigenvalue weighted by Gasteiger charge is -2.38. The number of rotatable bonds is 2. The molecule has 0 aromatic carbocycles. The van der Waals surface area contributed by atoms with Gasteiger partial charge in [0.15, 0.2) is 9.84 Å². The zero-order chi connectivity index (χ0) is 12.5. The van der Waals surface area contributed by atoms with Crippen LogP contribution in [0.2, 0.25) is 0 Å². The average Bonchev–Trinajstić information content (AvgIpc) is 2.29. The minimum Gasteiger partial charge on any atom is -0.481 e. The third-order valence-electron chi connectivity index (χ3n) is 3.89. The maximum absolute atomic E-state index is 11.3. The predicted molar refractivity (Wildman–Crippen MR) is 63.6 cm³/mol. The second-order valence-electron chi connectivity index (χ2n) is 5.04. The predicted octanol–water partition coefficient (Wildman–Crippen LogP) is 0.360. The molecule has 0 aromatic rings. The highest BCUT2D eigenvalue weighted by Crippen LogP contribution is 2.28. The van der Waals surface area contributed by atoms with Gasteiger partial charge < -0.3 is 5.11 Å². The number of sulfone groups is 1. The second-order valence-corrected chi connectivity index (χ2v) is 7.35. The molecule has 0 amide bonds. The molecule has 17 heavy (non-hydrogen) atoms. The summed E-state index contributed by atoms with van der Waals surface area (Å²) in [6.45, 7) is 1.14. The second kappa shape index (κ2) is 4.94. The maximum Gasteiger partial charge on any atom is 0.306 e. The van der Waals surface area contributed by atoms with Gasteiger partial charge in [-0.15, -0.1) is 0 Å². The molecule has 1 N–H and O–H groups in total. The lowest BCUT2D eigenvalue weighted by atomic mass is 9.85. The quantitative estimate of drug-likeness (QED) is 0.777. The first-order valence-electron chi connectivity index (χ1n) is 6.15. The van der Waals surface area contributed by atoms with Crippen molar-refractivity contribution in [2.75, 3.05) is 24.6 Å². The fourth-order valence-electron chi connectivity index (χ4n) is 2.81. The van der Waals surface area contributed by atoms with Gasteiger partial charge in [0.2, 0.25) is 0 Å². The number of carboxylic acids is 1. The minimum absolute atomic E-state index is 0.223. The molecule has 1 saturated heterocycles. The van der Waals surface area contributed by atoms with Gasteiger partial charge in [-0.25, -0.2) is 8.42 Å². The van der Waals surface area contributed by atoms with E-state index in [1.54, 1.807) is 0 Å². The third kappa shape index (κ3) is 3.19. The van der Waals surface area contributed by atoms with Gasteiger partial charge in [0.05, 0.1) is 17.4 Å². The fraction of sp³-hybridized carbons (Fsp3) is 0.909. The number of aliphatic carboxylic acids is 1. The van der Waals surface area contributed by atoms with Crippen LogP contribution < -0.4 is 0 Å². The summed E-state index contributed by atoms with van der Waals surface area (Å²) in [6, 6.07) is 0.264. The largest absolute Gasteiger partial charge is 0.481 e. The number of carboxylic acid groups (broad SMARTS) is 1. The first-order chi connectivity index (χ1) is 7.98. The first kappa shape index (κ1) is 12.8. The van der Waals surface area contributed by atoms with Gasteiger partial charge in [0, 0.05) is 19.1 Å². The molecule has 2 unspecified atom stereocenters. The van der Waals surface area contributed by atoms with Crippen LogP contribution in [0.3, 0.4) is 0 Å². The van der Waals surface area contributed by atoms with Crippen LogP contribution in [0.4, 0.5) is 0 Å². The number of hydrogen-bond donors (Lipinski definition) is 1. The van der Waals surface area contributed by atoms with E-state index < -0.39 is 15.8 Å². The van der Waals surface area contributed by atoms with Crippen molar-refractivity contribution in [3.8, 4) is 0 Å². The zero-order valence-electron chi connectivity index (χ0n) is 9.84. The van der Waals surface area contributed by atoms with Gasteiger partial charge in [-0.2, -0.15) is 0 Å². The standard InChI is InChI=1S/C11H19NO4S/c13-11(14)9-2-1-3-10(8-9)12-4-6-17(15,16)7-5-12/h9-10H,1-8H2,(H,13,14). The SMILES string of the molecule is O=C(O)C1CCCC(N2CCS(=O)(=O)CC2)C1. The molecule has 1 aliphatic heterocycles. The van der Waals surface area contributed by atoms with Crippen LogP contribution in [-0.2, 0) is 14.6 Å². The minimum atomic E-state index is -2.84. The molecule has 2 atom stereocenters. The van der Waals surface area contributed by atoms with E-state index in [2.05, 4.69) is 4.90 Å². The molecule has 2 fully saturated rings. The highest BCUT2D eigenvalue weighted by molar-refractivity contribution is 7.91. The Kier molecular flexibility index (Phi) is 3.73. The van der Waals surface area contributed by atoms with Crippen LogP contribution in [0.5, 0.6) is 0 Å². The van der Waals surface area contributed by atoms with Crippen molar-refractivity contribution < 1.29 is 18.3 Å². The number of nitrogens with zero attached hydrogens (tertiary/aromatic N) is 1. The Labute approximate surface area is 102 Å². The van der Waals surface area contributed by atoms with E-state index in [9.17, 15) is 13.2 Å². The highest BCUT2D eigenvalue weighted by atomic mass is 32.2. The van der Waals surface area contributed by atoms with E-state index in [-0.39, 0.29) is 23.5 Å². The average molecular weight is 261 g/mol. The summed E-state index contributed by atoms with van der Waals surface area (Å²) in [5.41, 5.74) is 0. The summed E-state index contributed by atoms with van der Waals surface area (Å²) in [6.07, 6.45) is 3.38. The Balaban J connectivity index is 1.92. The molecule has 0 spiro atoms. The smallest absolute Gasteiger partial charge is 0.306 e. The molecule has 2 rings (SSSR count). The van der Waals surface area contributed by atoms with Crippen LogP contribution in [0.15, 0.2) is 0 Å². The van der Waals surface area contributed by atoms with Crippen molar-refractivity contribution in [3.63, 3.8) is 0 Å². The lowest BCUT2D eigenvalue weighted by Crippen LogP contribution is -2.48. The van der Waals surface area contributed by atoms with Crippen LogP contribution in [-0.4, -0.2) is 55.0 Å². The van der Waals surface area contributed by atoms with Crippen LogP contribution >= 0.6 is 0 Å². The van der Waals surface area contributed by atoms with E-state index >= 15 is 0 Å². The molecule has 0 bridgehead atoms. The van der Waals surface area contributed by atoms with E-state index in [1.807, 2.05) is 0 Å². The zero-order valence-corrected chi connectivity index (χ0v) is 10.7. The summed E-state index contributed by atoms with van der Waals surface area (Å²) < 4.78 is 22.7. The molecule has 5 nitrogen and oxygen atoms in total. The highest BCUT2D eigenvalue weighted by Gasteiger charge is 2.33. The van der Waals surface area contributed by atoms with E-state index in [1.165, 1.54) is 0 Å². The van der Waals surface area contributed by atoms with E-state index in [0.717, 1.165) is 19.3 Å². The van der Waals surface area contributed by atoms with Crippen LogP contribution in [0.25, 0.3) is 0 Å². The summed E-state index contributed by atoms with van der Waals surface area (Å²) in [7, 11) is -2.84. The van der Waals surface area contributed by atoms with Crippen molar-refractivity contribution in [2.24, 2.45) is 5.92 Å². The maximum atomic E-state index is 11.3. The Bertz CT molecular complexity index is 378. The van der Waals surface area contributed by atoms with E-state index in [0.29, 0.717) is 19.5 Å². The lowest BCUT2D eigenvalue weighted by molar-refractivity contribution is -0.143. The Hall–Kier alpha value is -0.620. The molecule has 0 aromatic heterocycles. The van der Waals surface area contributed by atoms with E-state index in [4.69, 9.17) is 5.11 Å². The van der Waals surface area contributed by atoms with Gasteiger partial charge >= 0.3 is 5.97 Å². The van der Waals surface area contributed by atoms with Crippen molar-refractivity contribution in [1.82, 2.24) is 4.90 Å². The Morgan fingerprint density at radius 3 is 2.41 bits per heavy atom. The topological polar surface area (TPSA) is 74.7 Å². The summed E-state index contributed by atoms with van der Waals surface area (Å²) in [5.74, 6) is -0.505. The Morgan fingerprint density at radius 1 is 1.18 bits per heavy atom. The summed E-state index contributed by atoms with van der Waals surface area (Å²) in [4.78, 5) is 13.1. The molecule has 1 saturated carbocycles. The molecule has 98 valence electrons. The molecule has 1 heterocycles. The third-order valence-corrected chi connectivity index (χ3v) is 5.50. The summed E-state index contributed by atoms with van der Waals surface area (Å²) >= 11 is 0. The molecule has 6 heteroatoms. The van der Waals surface area contributed by atoms with Gasteiger partial charge in [0.25, 0.3) is 0 Å². The van der Waals surface area contributed by atoms with Gasteiger partial charge in [-0.1, -0.05) is 6.42 Å². The van der Waals surface area contributed by atoms with Crippen molar-refractivity contribution in [2.45, 2.75) is 31.7 Å². The van der Waals surface area contributed by atoms with Crippen molar-refractivity contribution in [1.29, 1.82) is 0 Å². The number of carbonyl (C=O) groups is 1. The fourth-order valence-corrected chi connectivity index (χ4v) is 4.04. The van der Waals surface area contributed by atoms with Crippen molar-refractivity contribution in [3.05, 3.63) is 0 Å². The monoisotopic (exact) mass is 261 g/mol. The molecule has 1 aliphatic carbocycles. The normalized spacial score (nSPS) is 34.4. The summed E-state index contributed by atoms with van der Waals surface area (Å²) in [5, 5.41) is 9.02. The molecule has 2 aliphatic rings. The van der Waals surface area contributed by atoms with Gasteiger partial charge in [-0.3, -0.25) is 9.69 Å². The number of hydrogen-bond acceptors (Lipinski definition) is 4. The van der Waals surface area contributed by atoms with Gasteiger partial charge in [0.1, 0.15) is 0 Å². The van der Waals surface area contributed by atoms with Crippen molar-refractivity contribution >= 4 is 15.8 Å². The van der Waals surface area contributed by atoms with Crippen LogP contribution in [0.1, 0.15) is 25.7 Å². The molecular weight excluding hydrogens is 242 g/mol. The molecular formula is C11H19NO4S.